The van der Waals surface area contributed by atoms with Gasteiger partial charge in [0.2, 0.25) is 0 Å². The molecule has 3 rings (SSSR count). The van der Waals surface area contributed by atoms with Crippen LogP contribution in [0.5, 0.6) is 0 Å². The standard InChI is InChI=1S/C15H18N2OS2/c1-3-12(11-18-6-1)10-17-14(15-16-5-8-20-15)9-13-4-2-7-19-13/h2-5,7-8,14,17H,1,6,9-11H2. The second kappa shape index (κ2) is 7.13. The van der Waals surface area contributed by atoms with Gasteiger partial charge in [0.05, 0.1) is 19.3 Å². The maximum atomic E-state index is 5.49. The number of thiazole rings is 1. The average molecular weight is 306 g/mol. The van der Waals surface area contributed by atoms with Crippen LogP contribution in [0, 0.1) is 0 Å². The summed E-state index contributed by atoms with van der Waals surface area (Å²) in [5.41, 5.74) is 1.35. The van der Waals surface area contributed by atoms with Crippen LogP contribution in [0.15, 0.2) is 40.7 Å². The Bertz CT molecular complexity index is 534. The molecule has 20 heavy (non-hydrogen) atoms. The Kier molecular flexibility index (Phi) is 4.97. The SMILES string of the molecule is C1=C(CNC(Cc2cccs2)c2nccs2)COCC1. The largest absolute Gasteiger partial charge is 0.377 e. The first-order valence-corrected chi connectivity index (χ1v) is 8.58. The van der Waals surface area contributed by atoms with Crippen molar-refractivity contribution in [2.45, 2.75) is 18.9 Å². The fourth-order valence-electron chi connectivity index (χ4n) is 2.27. The molecule has 0 amide bonds. The summed E-state index contributed by atoms with van der Waals surface area (Å²) in [7, 11) is 0. The number of hydrogen-bond acceptors (Lipinski definition) is 5. The minimum absolute atomic E-state index is 0.288. The molecular weight excluding hydrogens is 288 g/mol. The van der Waals surface area contributed by atoms with Crippen LogP contribution in [0.25, 0.3) is 0 Å². The van der Waals surface area contributed by atoms with E-state index in [1.807, 2.05) is 22.9 Å². The van der Waals surface area contributed by atoms with Crippen molar-refractivity contribution in [3.63, 3.8) is 0 Å². The van der Waals surface area contributed by atoms with E-state index in [2.05, 4.69) is 33.9 Å². The highest BCUT2D eigenvalue weighted by atomic mass is 32.1. The van der Waals surface area contributed by atoms with Crippen LogP contribution in [0.3, 0.4) is 0 Å². The number of nitrogens with zero attached hydrogens (tertiary/aromatic N) is 1. The molecule has 2 aromatic rings. The first kappa shape index (κ1) is 13.9. The highest BCUT2D eigenvalue weighted by Crippen LogP contribution is 2.23. The van der Waals surface area contributed by atoms with E-state index >= 15 is 0 Å². The Morgan fingerprint density at radius 1 is 1.35 bits per heavy atom. The number of aromatic nitrogens is 1. The monoisotopic (exact) mass is 306 g/mol. The molecular formula is C15H18N2OS2. The number of thiophene rings is 1. The molecule has 0 radical (unpaired) electrons. The van der Waals surface area contributed by atoms with Gasteiger partial charge in [0.25, 0.3) is 0 Å². The third-order valence-corrected chi connectivity index (χ3v) is 5.08. The van der Waals surface area contributed by atoms with E-state index in [0.717, 1.165) is 37.6 Å². The fraction of sp³-hybridized carbons (Fsp3) is 0.400. The van der Waals surface area contributed by atoms with Gasteiger partial charge in [0, 0.05) is 29.4 Å². The minimum Gasteiger partial charge on any atom is -0.377 e. The molecule has 5 heteroatoms. The predicted molar refractivity (Wildman–Crippen MR) is 84.4 cm³/mol. The van der Waals surface area contributed by atoms with Crippen LogP contribution < -0.4 is 5.32 Å². The first-order chi connectivity index (χ1) is 9.92. The fourth-order valence-corrected chi connectivity index (χ4v) is 3.74. The molecule has 3 heterocycles. The lowest BCUT2D eigenvalue weighted by molar-refractivity contribution is 0.148. The van der Waals surface area contributed by atoms with Crippen molar-refractivity contribution >= 4 is 22.7 Å². The molecule has 1 aliphatic rings. The molecule has 0 fully saturated rings. The highest BCUT2D eigenvalue weighted by Gasteiger charge is 2.16. The Hall–Kier alpha value is -1.01. The molecule has 0 aromatic carbocycles. The number of nitrogens with one attached hydrogen (secondary N) is 1. The summed E-state index contributed by atoms with van der Waals surface area (Å²) in [6, 6.07) is 4.59. The first-order valence-electron chi connectivity index (χ1n) is 6.82. The van der Waals surface area contributed by atoms with Gasteiger partial charge in [-0.2, -0.15) is 0 Å². The van der Waals surface area contributed by atoms with Gasteiger partial charge >= 0.3 is 0 Å². The van der Waals surface area contributed by atoms with Crippen LogP contribution in [0.2, 0.25) is 0 Å². The minimum atomic E-state index is 0.288. The number of rotatable bonds is 6. The summed E-state index contributed by atoms with van der Waals surface area (Å²) < 4.78 is 5.49. The van der Waals surface area contributed by atoms with Gasteiger partial charge in [-0.15, -0.1) is 22.7 Å². The third-order valence-electron chi connectivity index (χ3n) is 3.29. The topological polar surface area (TPSA) is 34.2 Å². The molecule has 0 aliphatic carbocycles. The molecule has 106 valence electrons. The molecule has 0 saturated heterocycles. The lowest BCUT2D eigenvalue weighted by atomic mass is 10.1. The van der Waals surface area contributed by atoms with Gasteiger partial charge < -0.3 is 10.1 Å². The van der Waals surface area contributed by atoms with Crippen molar-refractivity contribution in [2.24, 2.45) is 0 Å². The average Bonchev–Trinajstić information content (AvgIpc) is 3.17. The number of ether oxygens (including phenoxy) is 1. The van der Waals surface area contributed by atoms with Crippen molar-refractivity contribution in [1.82, 2.24) is 10.3 Å². The summed E-state index contributed by atoms with van der Waals surface area (Å²) >= 11 is 3.53. The summed E-state index contributed by atoms with van der Waals surface area (Å²) in [6.45, 7) is 2.50. The van der Waals surface area contributed by atoms with Crippen LogP contribution in [-0.2, 0) is 11.2 Å². The van der Waals surface area contributed by atoms with E-state index in [-0.39, 0.29) is 6.04 Å². The normalized spacial score (nSPS) is 16.9. The van der Waals surface area contributed by atoms with Crippen molar-refractivity contribution in [3.05, 3.63) is 50.6 Å². The summed E-state index contributed by atoms with van der Waals surface area (Å²) in [5, 5.41) is 8.97. The van der Waals surface area contributed by atoms with Crippen LogP contribution in [0.1, 0.15) is 22.3 Å². The van der Waals surface area contributed by atoms with Gasteiger partial charge in [-0.25, -0.2) is 4.98 Å². The van der Waals surface area contributed by atoms with Crippen molar-refractivity contribution < 1.29 is 4.74 Å². The van der Waals surface area contributed by atoms with E-state index in [4.69, 9.17) is 4.74 Å². The maximum absolute atomic E-state index is 5.49. The van der Waals surface area contributed by atoms with Crippen LogP contribution >= 0.6 is 22.7 Å². The zero-order chi connectivity index (χ0) is 13.6. The van der Waals surface area contributed by atoms with Crippen LogP contribution in [0.4, 0.5) is 0 Å². The molecule has 0 spiro atoms. The van der Waals surface area contributed by atoms with Crippen LogP contribution in [-0.4, -0.2) is 24.7 Å². The second-order valence-electron chi connectivity index (χ2n) is 4.79. The zero-order valence-electron chi connectivity index (χ0n) is 11.2. The quantitative estimate of drug-likeness (QED) is 0.830. The number of hydrogen-bond donors (Lipinski definition) is 1. The van der Waals surface area contributed by atoms with E-state index in [1.165, 1.54) is 10.5 Å². The third kappa shape index (κ3) is 3.76. The molecule has 1 atom stereocenters. The smallest absolute Gasteiger partial charge is 0.110 e. The van der Waals surface area contributed by atoms with E-state index in [9.17, 15) is 0 Å². The Balaban J connectivity index is 1.64. The van der Waals surface area contributed by atoms with E-state index in [1.54, 1.807) is 11.3 Å². The highest BCUT2D eigenvalue weighted by molar-refractivity contribution is 7.10. The molecule has 0 bridgehead atoms. The Morgan fingerprint density at radius 2 is 2.35 bits per heavy atom. The molecule has 2 aromatic heterocycles. The molecule has 0 saturated carbocycles. The predicted octanol–water partition coefficient (Wildman–Crippen LogP) is 3.42. The zero-order valence-corrected chi connectivity index (χ0v) is 12.9. The lowest BCUT2D eigenvalue weighted by Gasteiger charge is -2.19. The van der Waals surface area contributed by atoms with Gasteiger partial charge in [-0.05, 0) is 23.4 Å². The van der Waals surface area contributed by atoms with Crippen molar-refractivity contribution in [1.29, 1.82) is 0 Å². The Labute approximate surface area is 127 Å². The van der Waals surface area contributed by atoms with Gasteiger partial charge in [-0.1, -0.05) is 12.1 Å². The molecule has 1 aliphatic heterocycles. The molecule has 1 unspecified atom stereocenters. The summed E-state index contributed by atoms with van der Waals surface area (Å²) in [5.74, 6) is 0. The molecule has 3 nitrogen and oxygen atoms in total. The lowest BCUT2D eigenvalue weighted by Crippen LogP contribution is -2.27. The van der Waals surface area contributed by atoms with Crippen molar-refractivity contribution in [3.8, 4) is 0 Å². The Morgan fingerprint density at radius 3 is 3.05 bits per heavy atom. The van der Waals surface area contributed by atoms with E-state index < -0.39 is 0 Å². The van der Waals surface area contributed by atoms with Gasteiger partial charge in [0.15, 0.2) is 0 Å². The van der Waals surface area contributed by atoms with Gasteiger partial charge in [0.1, 0.15) is 5.01 Å². The second-order valence-corrected chi connectivity index (χ2v) is 6.75. The van der Waals surface area contributed by atoms with E-state index in [0.29, 0.717) is 0 Å². The van der Waals surface area contributed by atoms with Gasteiger partial charge in [-0.3, -0.25) is 0 Å². The summed E-state index contributed by atoms with van der Waals surface area (Å²) in [6.07, 6.45) is 6.20. The molecule has 1 N–H and O–H groups in total. The van der Waals surface area contributed by atoms with Crippen molar-refractivity contribution in [2.75, 3.05) is 19.8 Å². The maximum Gasteiger partial charge on any atom is 0.110 e. The summed E-state index contributed by atoms with van der Waals surface area (Å²) in [4.78, 5) is 5.87.